The third-order valence-electron chi connectivity index (χ3n) is 4.10. The molecule has 1 aromatic carbocycles. The molecule has 2 atom stereocenters. The Morgan fingerprint density at radius 1 is 1.52 bits per heavy atom. The van der Waals surface area contributed by atoms with E-state index in [0.29, 0.717) is 18.3 Å². The van der Waals surface area contributed by atoms with Gasteiger partial charge in [0.1, 0.15) is 17.1 Å². The molecule has 0 saturated heterocycles. The topological polar surface area (TPSA) is 45.0 Å². The molecule has 3 nitrogen and oxygen atoms in total. The molecule has 0 aromatic heterocycles. The van der Waals surface area contributed by atoms with Gasteiger partial charge >= 0.3 is 0 Å². The first-order valence-corrected chi connectivity index (χ1v) is 7.63. The van der Waals surface area contributed by atoms with Gasteiger partial charge in [0.15, 0.2) is 0 Å². The van der Waals surface area contributed by atoms with Crippen molar-refractivity contribution in [3.05, 3.63) is 30.1 Å². The molecule has 0 aliphatic heterocycles. The van der Waals surface area contributed by atoms with Gasteiger partial charge in [-0.25, -0.2) is 4.39 Å². The zero-order valence-corrected chi connectivity index (χ0v) is 12.7. The maximum absolute atomic E-state index is 13.1. The number of ether oxygens (including phenoxy) is 1. The molecular formula is C17H23FN2O. The quantitative estimate of drug-likeness (QED) is 0.869. The third kappa shape index (κ3) is 3.95. The van der Waals surface area contributed by atoms with Crippen molar-refractivity contribution in [1.82, 2.24) is 5.32 Å². The van der Waals surface area contributed by atoms with E-state index in [1.54, 1.807) is 12.1 Å². The van der Waals surface area contributed by atoms with E-state index >= 15 is 0 Å². The molecule has 1 aromatic rings. The molecule has 2 rings (SSSR count). The van der Waals surface area contributed by atoms with Gasteiger partial charge in [0, 0.05) is 12.1 Å². The SMILES string of the molecule is CC(C)NC1(C#N)CCCC1CCOc1cccc(F)c1. The molecule has 4 heteroatoms. The summed E-state index contributed by atoms with van der Waals surface area (Å²) in [5.74, 6) is 0.548. The van der Waals surface area contributed by atoms with Gasteiger partial charge in [-0.2, -0.15) is 5.26 Å². The van der Waals surface area contributed by atoms with E-state index in [0.717, 1.165) is 25.7 Å². The van der Waals surface area contributed by atoms with E-state index in [2.05, 4.69) is 25.2 Å². The Kier molecular flexibility index (Phi) is 5.19. The van der Waals surface area contributed by atoms with Crippen LogP contribution < -0.4 is 10.1 Å². The molecule has 0 radical (unpaired) electrons. The van der Waals surface area contributed by atoms with Gasteiger partial charge in [0.05, 0.1) is 12.7 Å². The number of hydrogen-bond donors (Lipinski definition) is 1. The monoisotopic (exact) mass is 290 g/mol. The number of rotatable bonds is 6. The number of halogens is 1. The number of nitrogens with one attached hydrogen (secondary N) is 1. The van der Waals surface area contributed by atoms with Crippen molar-refractivity contribution in [2.45, 2.75) is 51.1 Å². The molecule has 21 heavy (non-hydrogen) atoms. The zero-order valence-electron chi connectivity index (χ0n) is 12.7. The van der Waals surface area contributed by atoms with Crippen LogP contribution in [0, 0.1) is 23.1 Å². The van der Waals surface area contributed by atoms with Crippen molar-refractivity contribution < 1.29 is 9.13 Å². The van der Waals surface area contributed by atoms with Gasteiger partial charge in [-0.15, -0.1) is 0 Å². The Hall–Kier alpha value is -1.60. The molecular weight excluding hydrogens is 267 g/mol. The Bertz CT molecular complexity index is 512. The summed E-state index contributed by atoms with van der Waals surface area (Å²) in [6.07, 6.45) is 3.81. The minimum atomic E-state index is -0.431. The van der Waals surface area contributed by atoms with Gasteiger partial charge in [0.25, 0.3) is 0 Å². The van der Waals surface area contributed by atoms with E-state index in [1.165, 1.54) is 12.1 Å². The van der Waals surface area contributed by atoms with Crippen molar-refractivity contribution in [3.63, 3.8) is 0 Å². The highest BCUT2D eigenvalue weighted by Gasteiger charge is 2.43. The average molecular weight is 290 g/mol. The van der Waals surface area contributed by atoms with E-state index < -0.39 is 5.54 Å². The van der Waals surface area contributed by atoms with Crippen LogP contribution in [0.2, 0.25) is 0 Å². The van der Waals surface area contributed by atoms with E-state index in [1.807, 2.05) is 0 Å². The fourth-order valence-electron chi connectivity index (χ4n) is 3.23. The summed E-state index contributed by atoms with van der Waals surface area (Å²) in [5, 5.41) is 13.0. The summed E-state index contributed by atoms with van der Waals surface area (Å²) >= 11 is 0. The normalized spacial score (nSPS) is 25.0. The highest BCUT2D eigenvalue weighted by molar-refractivity contribution is 5.22. The van der Waals surface area contributed by atoms with Crippen LogP contribution in [0.4, 0.5) is 4.39 Å². The maximum atomic E-state index is 13.1. The third-order valence-corrected chi connectivity index (χ3v) is 4.10. The smallest absolute Gasteiger partial charge is 0.126 e. The molecule has 1 aliphatic rings. The van der Waals surface area contributed by atoms with Crippen LogP contribution in [0.1, 0.15) is 39.5 Å². The van der Waals surface area contributed by atoms with E-state index in [9.17, 15) is 9.65 Å². The van der Waals surface area contributed by atoms with Crippen LogP contribution in [0.5, 0.6) is 5.75 Å². The van der Waals surface area contributed by atoms with Gasteiger partial charge < -0.3 is 4.74 Å². The molecule has 2 unspecified atom stereocenters. The standard InChI is InChI=1S/C17H23FN2O/c1-13(2)20-17(12-19)9-4-5-14(17)8-10-21-16-7-3-6-15(18)11-16/h3,6-7,11,13-14,20H,4-5,8-10H2,1-2H3. The van der Waals surface area contributed by atoms with Gasteiger partial charge in [-0.3, -0.25) is 5.32 Å². The lowest BCUT2D eigenvalue weighted by Crippen LogP contribution is -2.50. The summed E-state index contributed by atoms with van der Waals surface area (Å²) in [4.78, 5) is 0. The first kappa shape index (κ1) is 15.8. The number of hydrogen-bond acceptors (Lipinski definition) is 3. The molecule has 0 heterocycles. The lowest BCUT2D eigenvalue weighted by Gasteiger charge is -2.32. The molecule has 1 fully saturated rings. The van der Waals surface area contributed by atoms with Crippen LogP contribution >= 0.6 is 0 Å². The minimum Gasteiger partial charge on any atom is -0.493 e. The summed E-state index contributed by atoms with van der Waals surface area (Å²) in [5.41, 5.74) is -0.431. The molecule has 0 bridgehead atoms. The summed E-state index contributed by atoms with van der Waals surface area (Å²) in [6.45, 7) is 4.65. The van der Waals surface area contributed by atoms with Gasteiger partial charge in [-0.1, -0.05) is 12.5 Å². The summed E-state index contributed by atoms with van der Waals surface area (Å²) in [6, 6.07) is 8.95. The van der Waals surface area contributed by atoms with Crippen molar-refractivity contribution >= 4 is 0 Å². The highest BCUT2D eigenvalue weighted by atomic mass is 19.1. The molecule has 1 saturated carbocycles. The summed E-state index contributed by atoms with van der Waals surface area (Å²) in [7, 11) is 0. The van der Waals surface area contributed by atoms with Gasteiger partial charge in [0.2, 0.25) is 0 Å². The molecule has 0 amide bonds. The second kappa shape index (κ2) is 6.91. The maximum Gasteiger partial charge on any atom is 0.126 e. The predicted molar refractivity (Wildman–Crippen MR) is 80.5 cm³/mol. The van der Waals surface area contributed by atoms with E-state index in [4.69, 9.17) is 4.74 Å². The number of benzene rings is 1. The van der Waals surface area contributed by atoms with Crippen molar-refractivity contribution in [3.8, 4) is 11.8 Å². The Labute approximate surface area is 126 Å². The average Bonchev–Trinajstić information content (AvgIpc) is 2.82. The Balaban J connectivity index is 1.91. The van der Waals surface area contributed by atoms with Crippen LogP contribution in [-0.2, 0) is 0 Å². The molecule has 1 N–H and O–H groups in total. The fourth-order valence-corrected chi connectivity index (χ4v) is 3.23. The second-order valence-electron chi connectivity index (χ2n) is 6.07. The van der Waals surface area contributed by atoms with Crippen molar-refractivity contribution in [1.29, 1.82) is 5.26 Å². The highest BCUT2D eigenvalue weighted by Crippen LogP contribution is 2.38. The van der Waals surface area contributed by atoms with E-state index in [-0.39, 0.29) is 11.9 Å². The van der Waals surface area contributed by atoms with Crippen LogP contribution in [-0.4, -0.2) is 18.2 Å². The second-order valence-corrected chi connectivity index (χ2v) is 6.07. The Morgan fingerprint density at radius 3 is 3.00 bits per heavy atom. The zero-order chi connectivity index (χ0) is 15.3. The number of nitrogens with zero attached hydrogens (tertiary/aromatic N) is 1. The Morgan fingerprint density at radius 2 is 2.33 bits per heavy atom. The molecule has 114 valence electrons. The first-order valence-electron chi connectivity index (χ1n) is 7.63. The lowest BCUT2D eigenvalue weighted by atomic mass is 9.85. The summed E-state index contributed by atoms with van der Waals surface area (Å²) < 4.78 is 18.7. The predicted octanol–water partition coefficient (Wildman–Crippen LogP) is 3.66. The minimum absolute atomic E-state index is 0.286. The van der Waals surface area contributed by atoms with Crippen LogP contribution in [0.15, 0.2) is 24.3 Å². The van der Waals surface area contributed by atoms with Crippen LogP contribution in [0.25, 0.3) is 0 Å². The largest absolute Gasteiger partial charge is 0.493 e. The lowest BCUT2D eigenvalue weighted by molar-refractivity contribution is 0.224. The first-order chi connectivity index (χ1) is 10.1. The van der Waals surface area contributed by atoms with Crippen molar-refractivity contribution in [2.24, 2.45) is 5.92 Å². The van der Waals surface area contributed by atoms with Gasteiger partial charge in [-0.05, 0) is 51.2 Å². The molecule has 0 spiro atoms. The van der Waals surface area contributed by atoms with Crippen LogP contribution in [0.3, 0.4) is 0 Å². The van der Waals surface area contributed by atoms with Crippen molar-refractivity contribution in [2.75, 3.05) is 6.61 Å². The fraction of sp³-hybridized carbons (Fsp3) is 0.588. The number of nitriles is 1. The molecule has 1 aliphatic carbocycles.